The van der Waals surface area contributed by atoms with Crippen molar-refractivity contribution < 1.29 is 0 Å². The molecule has 2 heteroatoms. The first kappa shape index (κ1) is 8.08. The summed E-state index contributed by atoms with van der Waals surface area (Å²) in [6, 6.07) is 0. The standard InChI is InChI=1S/C7H12N2/c1-4-7(9-3)5-6-8-2/h5-6H,2,4H2,1,3H3/b6-5-,9-7?. The summed E-state index contributed by atoms with van der Waals surface area (Å²) in [5, 5.41) is 0. The van der Waals surface area contributed by atoms with Gasteiger partial charge in [0, 0.05) is 19.0 Å². The van der Waals surface area contributed by atoms with Crippen molar-refractivity contribution in [3.63, 3.8) is 0 Å². The molecular formula is C7H12N2. The van der Waals surface area contributed by atoms with E-state index in [1.54, 1.807) is 13.2 Å². The highest BCUT2D eigenvalue weighted by molar-refractivity contribution is 5.94. The molecule has 0 aromatic rings. The molecule has 0 bridgehead atoms. The zero-order valence-corrected chi connectivity index (χ0v) is 5.96. The van der Waals surface area contributed by atoms with Gasteiger partial charge in [-0.15, -0.1) is 0 Å². The summed E-state index contributed by atoms with van der Waals surface area (Å²) in [4.78, 5) is 7.55. The summed E-state index contributed by atoms with van der Waals surface area (Å²) in [7, 11) is 1.77. The molecule has 2 nitrogen and oxygen atoms in total. The average molecular weight is 124 g/mol. The lowest BCUT2D eigenvalue weighted by Crippen LogP contribution is -1.87. The van der Waals surface area contributed by atoms with E-state index >= 15 is 0 Å². The minimum atomic E-state index is 0.947. The third kappa shape index (κ3) is 3.64. The van der Waals surface area contributed by atoms with Gasteiger partial charge < -0.3 is 0 Å². The van der Waals surface area contributed by atoms with Crippen LogP contribution in [0.3, 0.4) is 0 Å². The number of aliphatic imine (C=N–C) groups is 2. The van der Waals surface area contributed by atoms with Gasteiger partial charge in [0.15, 0.2) is 0 Å². The van der Waals surface area contributed by atoms with Gasteiger partial charge in [-0.3, -0.25) is 9.98 Å². The number of allylic oxidation sites excluding steroid dienone is 1. The van der Waals surface area contributed by atoms with Crippen molar-refractivity contribution in [2.75, 3.05) is 7.05 Å². The molecule has 0 amide bonds. The lowest BCUT2D eigenvalue weighted by Gasteiger charge is -1.88. The summed E-state index contributed by atoms with van der Waals surface area (Å²) in [6.07, 6.45) is 4.45. The van der Waals surface area contributed by atoms with Crippen LogP contribution in [0.5, 0.6) is 0 Å². The molecule has 0 atom stereocenters. The third-order valence-corrected chi connectivity index (χ3v) is 1.02. The molecule has 0 radical (unpaired) electrons. The van der Waals surface area contributed by atoms with E-state index < -0.39 is 0 Å². The highest BCUT2D eigenvalue weighted by Crippen LogP contribution is 1.86. The first-order valence-corrected chi connectivity index (χ1v) is 2.93. The van der Waals surface area contributed by atoms with Gasteiger partial charge in [-0.05, 0) is 19.2 Å². The Morgan fingerprint density at radius 3 is 2.67 bits per heavy atom. The second-order valence-corrected chi connectivity index (χ2v) is 1.57. The van der Waals surface area contributed by atoms with Gasteiger partial charge in [-0.25, -0.2) is 0 Å². The van der Waals surface area contributed by atoms with E-state index in [2.05, 4.69) is 23.6 Å². The van der Waals surface area contributed by atoms with Crippen LogP contribution < -0.4 is 0 Å². The number of rotatable bonds is 3. The topological polar surface area (TPSA) is 24.7 Å². The Morgan fingerprint density at radius 1 is 1.67 bits per heavy atom. The van der Waals surface area contributed by atoms with Crippen LogP contribution in [0, 0.1) is 0 Å². The fourth-order valence-corrected chi connectivity index (χ4v) is 0.489. The third-order valence-electron chi connectivity index (χ3n) is 1.02. The molecule has 0 spiro atoms. The predicted molar refractivity (Wildman–Crippen MR) is 42.3 cm³/mol. The molecule has 0 aliphatic rings. The van der Waals surface area contributed by atoms with Gasteiger partial charge in [0.25, 0.3) is 0 Å². The van der Waals surface area contributed by atoms with Gasteiger partial charge in [-0.2, -0.15) is 0 Å². The lowest BCUT2D eigenvalue weighted by molar-refractivity contribution is 1.25. The van der Waals surface area contributed by atoms with Gasteiger partial charge in [0.2, 0.25) is 0 Å². The Labute approximate surface area is 56.0 Å². The molecule has 0 saturated heterocycles. The van der Waals surface area contributed by atoms with E-state index in [-0.39, 0.29) is 0 Å². The number of hydrogen-bond donors (Lipinski definition) is 0. The molecular weight excluding hydrogens is 112 g/mol. The normalized spacial score (nSPS) is 12.4. The van der Waals surface area contributed by atoms with Gasteiger partial charge in [-0.1, -0.05) is 6.92 Å². The van der Waals surface area contributed by atoms with Crippen LogP contribution >= 0.6 is 0 Å². The van der Waals surface area contributed by atoms with E-state index in [9.17, 15) is 0 Å². The second kappa shape index (κ2) is 5.22. The summed E-state index contributed by atoms with van der Waals surface area (Å²) in [5.74, 6) is 0. The van der Waals surface area contributed by atoms with Crippen molar-refractivity contribution in [1.82, 2.24) is 0 Å². The molecule has 0 saturated carbocycles. The molecule has 9 heavy (non-hydrogen) atoms. The quantitative estimate of drug-likeness (QED) is 0.511. The first-order valence-electron chi connectivity index (χ1n) is 2.93. The first-order chi connectivity index (χ1) is 4.35. The number of hydrogen-bond acceptors (Lipinski definition) is 2. The molecule has 0 aromatic carbocycles. The van der Waals surface area contributed by atoms with Crippen LogP contribution in [-0.4, -0.2) is 19.5 Å². The fourth-order valence-electron chi connectivity index (χ4n) is 0.489. The Hall–Kier alpha value is -0.920. The summed E-state index contributed by atoms with van der Waals surface area (Å²) in [5.41, 5.74) is 1.04. The average Bonchev–Trinajstić information content (AvgIpc) is 1.91. The van der Waals surface area contributed by atoms with E-state index in [1.165, 1.54) is 0 Å². The largest absolute Gasteiger partial charge is 0.293 e. The van der Waals surface area contributed by atoms with E-state index in [1.807, 2.05) is 6.08 Å². The van der Waals surface area contributed by atoms with Crippen molar-refractivity contribution in [2.24, 2.45) is 9.98 Å². The monoisotopic (exact) mass is 124 g/mol. The van der Waals surface area contributed by atoms with Crippen LogP contribution in [0.1, 0.15) is 13.3 Å². The minimum absolute atomic E-state index is 0.947. The molecule has 0 aliphatic heterocycles. The Balaban J connectivity index is 3.84. The molecule has 0 rings (SSSR count). The van der Waals surface area contributed by atoms with Crippen LogP contribution in [0.25, 0.3) is 0 Å². The van der Waals surface area contributed by atoms with E-state index in [4.69, 9.17) is 0 Å². The SMILES string of the molecule is C=N/C=C\C(CC)=NC. The van der Waals surface area contributed by atoms with Gasteiger partial charge in [0.05, 0.1) is 0 Å². The summed E-state index contributed by atoms with van der Waals surface area (Å²) < 4.78 is 0. The van der Waals surface area contributed by atoms with E-state index in [0.717, 1.165) is 12.1 Å². The van der Waals surface area contributed by atoms with Crippen LogP contribution in [0.2, 0.25) is 0 Å². The zero-order valence-electron chi connectivity index (χ0n) is 5.96. The molecule has 0 aromatic heterocycles. The van der Waals surface area contributed by atoms with Gasteiger partial charge >= 0.3 is 0 Å². The fraction of sp³-hybridized carbons (Fsp3) is 0.429. The maximum atomic E-state index is 3.99. The minimum Gasteiger partial charge on any atom is -0.293 e. The maximum Gasteiger partial charge on any atom is 0.0357 e. The van der Waals surface area contributed by atoms with Crippen LogP contribution in [-0.2, 0) is 0 Å². The second-order valence-electron chi connectivity index (χ2n) is 1.57. The van der Waals surface area contributed by atoms with E-state index in [0.29, 0.717) is 0 Å². The number of nitrogens with zero attached hydrogens (tertiary/aromatic N) is 2. The molecule has 0 N–H and O–H groups in total. The zero-order chi connectivity index (χ0) is 7.11. The Kier molecular flexibility index (Phi) is 4.69. The Bertz CT molecular complexity index is 134. The van der Waals surface area contributed by atoms with Crippen molar-refractivity contribution in [2.45, 2.75) is 13.3 Å². The summed E-state index contributed by atoms with van der Waals surface area (Å²) >= 11 is 0. The van der Waals surface area contributed by atoms with Crippen molar-refractivity contribution in [1.29, 1.82) is 0 Å². The van der Waals surface area contributed by atoms with Gasteiger partial charge in [0.1, 0.15) is 0 Å². The van der Waals surface area contributed by atoms with Crippen LogP contribution in [0.4, 0.5) is 0 Å². The highest BCUT2D eigenvalue weighted by atomic mass is 14.7. The molecule has 0 aliphatic carbocycles. The van der Waals surface area contributed by atoms with Crippen molar-refractivity contribution in [3.8, 4) is 0 Å². The smallest absolute Gasteiger partial charge is 0.0357 e. The molecule has 0 unspecified atom stereocenters. The maximum absolute atomic E-state index is 3.99. The highest BCUT2D eigenvalue weighted by Gasteiger charge is 1.82. The lowest BCUT2D eigenvalue weighted by atomic mass is 10.3. The van der Waals surface area contributed by atoms with Crippen LogP contribution in [0.15, 0.2) is 22.3 Å². The predicted octanol–water partition coefficient (Wildman–Crippen LogP) is 1.68. The van der Waals surface area contributed by atoms with Crippen molar-refractivity contribution in [3.05, 3.63) is 12.3 Å². The molecule has 0 fully saturated rings. The Morgan fingerprint density at radius 2 is 2.33 bits per heavy atom. The summed E-state index contributed by atoms with van der Waals surface area (Å²) in [6.45, 7) is 5.36. The van der Waals surface area contributed by atoms with Crippen molar-refractivity contribution >= 4 is 12.4 Å². The molecule has 0 heterocycles. The molecule has 50 valence electrons.